The van der Waals surface area contributed by atoms with E-state index in [4.69, 9.17) is 0 Å². The molecule has 128 valence electrons. The average molecular weight is 354 g/mol. The number of carbonyl (C=O) groups is 1. The van der Waals surface area contributed by atoms with Gasteiger partial charge in [-0.15, -0.1) is 11.3 Å². The maximum absolute atomic E-state index is 12.4. The predicted molar refractivity (Wildman–Crippen MR) is 98.9 cm³/mol. The van der Waals surface area contributed by atoms with E-state index in [0.717, 1.165) is 16.3 Å². The van der Waals surface area contributed by atoms with Gasteiger partial charge in [-0.2, -0.15) is 0 Å². The number of benzene rings is 1. The summed E-state index contributed by atoms with van der Waals surface area (Å²) in [7, 11) is 0. The number of aryl methyl sites for hydroxylation is 2. The molecule has 0 saturated carbocycles. The molecule has 2 aromatic heterocycles. The van der Waals surface area contributed by atoms with Crippen LogP contribution in [0.5, 0.6) is 0 Å². The Labute approximate surface area is 149 Å². The zero-order valence-electron chi connectivity index (χ0n) is 14.2. The summed E-state index contributed by atoms with van der Waals surface area (Å²) >= 11 is 1.56. The van der Waals surface area contributed by atoms with E-state index in [1.807, 2.05) is 36.6 Å². The first-order valence-electron chi connectivity index (χ1n) is 7.79. The monoisotopic (exact) mass is 354 g/mol. The quantitative estimate of drug-likeness (QED) is 0.781. The van der Waals surface area contributed by atoms with E-state index in [0.29, 0.717) is 16.9 Å². The molecule has 0 aliphatic carbocycles. The molecule has 0 unspecified atom stereocenters. The fourth-order valence-electron chi connectivity index (χ4n) is 2.44. The van der Waals surface area contributed by atoms with Gasteiger partial charge in [0, 0.05) is 22.2 Å². The zero-order chi connectivity index (χ0) is 18.0. The molecule has 2 heterocycles. The Kier molecular flexibility index (Phi) is 4.76. The van der Waals surface area contributed by atoms with Crippen LogP contribution < -0.4 is 10.9 Å². The van der Waals surface area contributed by atoms with E-state index < -0.39 is 0 Å². The maximum Gasteiger partial charge on any atom is 0.256 e. The summed E-state index contributed by atoms with van der Waals surface area (Å²) in [6.45, 7) is 5.33. The summed E-state index contributed by atoms with van der Waals surface area (Å²) in [5, 5.41) is 5.78. The van der Waals surface area contributed by atoms with Crippen molar-refractivity contribution in [2.24, 2.45) is 0 Å². The van der Waals surface area contributed by atoms with Gasteiger partial charge in [0.15, 0.2) is 0 Å². The molecule has 0 atom stereocenters. The number of rotatable bonds is 4. The van der Waals surface area contributed by atoms with Gasteiger partial charge in [-0.05, 0) is 26.8 Å². The van der Waals surface area contributed by atoms with Gasteiger partial charge in [-0.1, -0.05) is 18.2 Å². The molecule has 0 aliphatic heterocycles. The van der Waals surface area contributed by atoms with Crippen molar-refractivity contribution in [3.63, 3.8) is 0 Å². The van der Waals surface area contributed by atoms with Gasteiger partial charge in [0.05, 0.1) is 22.7 Å². The first-order valence-corrected chi connectivity index (χ1v) is 8.67. The molecule has 3 aromatic rings. The lowest BCUT2D eigenvalue weighted by Gasteiger charge is -2.11. The summed E-state index contributed by atoms with van der Waals surface area (Å²) in [6.07, 6.45) is 1.40. The van der Waals surface area contributed by atoms with Gasteiger partial charge >= 0.3 is 0 Å². The molecule has 0 aliphatic rings. The Morgan fingerprint density at radius 1 is 1.24 bits per heavy atom. The average Bonchev–Trinajstić information content (AvgIpc) is 3.02. The number of aromatic nitrogens is 3. The minimum Gasteiger partial charge on any atom is -0.324 e. The highest BCUT2D eigenvalue weighted by molar-refractivity contribution is 7.09. The minimum absolute atomic E-state index is 0.0859. The van der Waals surface area contributed by atoms with Crippen LogP contribution in [0.1, 0.15) is 16.3 Å². The SMILES string of the molecule is Cc1nc(-c2ccccc2NC(=O)Cn2cnc(C)c(C)c2=O)cs1. The number of hydrogen-bond acceptors (Lipinski definition) is 5. The molecule has 1 N–H and O–H groups in total. The number of hydrogen-bond donors (Lipinski definition) is 1. The van der Waals surface area contributed by atoms with Crippen molar-refractivity contribution < 1.29 is 4.79 Å². The lowest BCUT2D eigenvalue weighted by atomic mass is 10.1. The van der Waals surface area contributed by atoms with E-state index in [-0.39, 0.29) is 18.0 Å². The number of nitrogens with one attached hydrogen (secondary N) is 1. The molecule has 3 rings (SSSR count). The predicted octanol–water partition coefficient (Wildman–Crippen LogP) is 2.93. The first kappa shape index (κ1) is 17.0. The highest BCUT2D eigenvalue weighted by Crippen LogP contribution is 2.28. The van der Waals surface area contributed by atoms with Crippen LogP contribution >= 0.6 is 11.3 Å². The molecule has 25 heavy (non-hydrogen) atoms. The summed E-state index contributed by atoms with van der Waals surface area (Å²) in [4.78, 5) is 33.2. The van der Waals surface area contributed by atoms with Crippen molar-refractivity contribution in [1.82, 2.24) is 14.5 Å². The number of thiazole rings is 1. The highest BCUT2D eigenvalue weighted by atomic mass is 32.1. The largest absolute Gasteiger partial charge is 0.324 e. The standard InChI is InChI=1S/C18H18N4O2S/c1-11-12(2)19-10-22(18(11)24)8-17(23)21-15-7-5-4-6-14(15)16-9-25-13(3)20-16/h4-7,9-10H,8H2,1-3H3,(H,21,23). The van der Waals surface area contributed by atoms with Gasteiger partial charge in [-0.3, -0.25) is 14.2 Å². The van der Waals surface area contributed by atoms with Crippen LogP contribution in [0.3, 0.4) is 0 Å². The summed E-state index contributed by atoms with van der Waals surface area (Å²) in [5.41, 5.74) is 3.36. The Morgan fingerprint density at radius 2 is 2.00 bits per heavy atom. The van der Waals surface area contributed by atoms with E-state index in [1.165, 1.54) is 10.9 Å². The summed E-state index contributed by atoms with van der Waals surface area (Å²) < 4.78 is 1.31. The molecular formula is C18H18N4O2S. The van der Waals surface area contributed by atoms with E-state index in [2.05, 4.69) is 15.3 Å². The Balaban J connectivity index is 1.83. The fourth-order valence-corrected chi connectivity index (χ4v) is 3.05. The van der Waals surface area contributed by atoms with Crippen LogP contribution in [0, 0.1) is 20.8 Å². The second-order valence-corrected chi connectivity index (χ2v) is 6.80. The second-order valence-electron chi connectivity index (χ2n) is 5.73. The number of carbonyl (C=O) groups excluding carboxylic acids is 1. The third kappa shape index (κ3) is 3.66. The van der Waals surface area contributed by atoms with Crippen molar-refractivity contribution >= 4 is 22.9 Å². The second kappa shape index (κ2) is 6.98. The molecule has 6 nitrogen and oxygen atoms in total. The molecule has 0 saturated heterocycles. The lowest BCUT2D eigenvalue weighted by molar-refractivity contribution is -0.116. The van der Waals surface area contributed by atoms with Crippen molar-refractivity contribution in [3.05, 3.63) is 62.6 Å². The van der Waals surface area contributed by atoms with Crippen molar-refractivity contribution in [3.8, 4) is 11.3 Å². The van der Waals surface area contributed by atoms with Crippen molar-refractivity contribution in [1.29, 1.82) is 0 Å². The smallest absolute Gasteiger partial charge is 0.256 e. The molecule has 0 spiro atoms. The third-order valence-corrected chi connectivity index (χ3v) is 4.70. The lowest BCUT2D eigenvalue weighted by Crippen LogP contribution is -2.29. The number of amides is 1. The molecule has 1 amide bonds. The van der Waals surface area contributed by atoms with Crippen LogP contribution in [0.2, 0.25) is 0 Å². The van der Waals surface area contributed by atoms with Crippen LogP contribution in [0.4, 0.5) is 5.69 Å². The normalized spacial score (nSPS) is 10.7. The van der Waals surface area contributed by atoms with Crippen LogP contribution in [-0.4, -0.2) is 20.4 Å². The number of nitrogens with zero attached hydrogens (tertiary/aromatic N) is 3. The number of anilines is 1. The maximum atomic E-state index is 12.4. The van der Waals surface area contributed by atoms with Gasteiger partial charge in [0.2, 0.25) is 5.91 Å². The van der Waals surface area contributed by atoms with E-state index >= 15 is 0 Å². The fraction of sp³-hybridized carbons (Fsp3) is 0.222. The molecule has 1 aromatic carbocycles. The molecule has 0 radical (unpaired) electrons. The van der Waals surface area contributed by atoms with Gasteiger partial charge in [-0.25, -0.2) is 9.97 Å². The van der Waals surface area contributed by atoms with E-state index in [1.54, 1.807) is 25.2 Å². The Morgan fingerprint density at radius 3 is 2.72 bits per heavy atom. The Hall–Kier alpha value is -2.80. The molecular weight excluding hydrogens is 336 g/mol. The Bertz CT molecular complexity index is 991. The van der Waals surface area contributed by atoms with Crippen molar-refractivity contribution in [2.45, 2.75) is 27.3 Å². The molecule has 0 fully saturated rings. The van der Waals surface area contributed by atoms with Crippen molar-refractivity contribution in [2.75, 3.05) is 5.32 Å². The van der Waals surface area contributed by atoms with Gasteiger partial charge in [0.1, 0.15) is 6.54 Å². The van der Waals surface area contributed by atoms with Crippen LogP contribution in [0.25, 0.3) is 11.3 Å². The topological polar surface area (TPSA) is 76.9 Å². The van der Waals surface area contributed by atoms with Gasteiger partial charge in [0.25, 0.3) is 5.56 Å². The van der Waals surface area contributed by atoms with Crippen LogP contribution in [-0.2, 0) is 11.3 Å². The third-order valence-electron chi connectivity index (χ3n) is 3.93. The minimum atomic E-state index is -0.286. The molecule has 0 bridgehead atoms. The summed E-state index contributed by atoms with van der Waals surface area (Å²) in [5.74, 6) is -0.286. The molecule has 7 heteroatoms. The van der Waals surface area contributed by atoms with Gasteiger partial charge < -0.3 is 5.32 Å². The summed E-state index contributed by atoms with van der Waals surface area (Å²) in [6, 6.07) is 7.48. The van der Waals surface area contributed by atoms with E-state index in [9.17, 15) is 9.59 Å². The van der Waals surface area contributed by atoms with Crippen LogP contribution in [0.15, 0.2) is 40.8 Å². The number of para-hydroxylation sites is 1. The first-order chi connectivity index (χ1) is 12.0. The zero-order valence-corrected chi connectivity index (χ0v) is 15.1. The highest BCUT2D eigenvalue weighted by Gasteiger charge is 2.12.